The van der Waals surface area contributed by atoms with Crippen LogP contribution in [-0.4, -0.2) is 31.7 Å². The standard InChI is InChI=1S/C9H17NO4/c1-5-14-8(12)9(2,3)6(10)7(11)13-4/h6H,5,10H2,1-4H3. The summed E-state index contributed by atoms with van der Waals surface area (Å²) in [5.74, 6) is -1.12. The van der Waals surface area contributed by atoms with Gasteiger partial charge < -0.3 is 15.2 Å². The highest BCUT2D eigenvalue weighted by atomic mass is 16.5. The average molecular weight is 203 g/mol. The number of hydrogen-bond donors (Lipinski definition) is 1. The van der Waals surface area contributed by atoms with Crippen LogP contribution in [0.2, 0.25) is 0 Å². The molecule has 0 spiro atoms. The molecule has 0 aromatic rings. The maximum Gasteiger partial charge on any atom is 0.323 e. The minimum Gasteiger partial charge on any atom is -0.468 e. The van der Waals surface area contributed by atoms with E-state index in [0.29, 0.717) is 0 Å². The van der Waals surface area contributed by atoms with Gasteiger partial charge in [-0.05, 0) is 20.8 Å². The third-order valence-corrected chi connectivity index (χ3v) is 2.03. The molecule has 14 heavy (non-hydrogen) atoms. The van der Waals surface area contributed by atoms with Crippen LogP contribution in [0.1, 0.15) is 20.8 Å². The largest absolute Gasteiger partial charge is 0.468 e. The zero-order chi connectivity index (χ0) is 11.4. The minimum absolute atomic E-state index is 0.260. The summed E-state index contributed by atoms with van der Waals surface area (Å²) in [5, 5.41) is 0. The third-order valence-electron chi connectivity index (χ3n) is 2.03. The Balaban J connectivity index is 4.59. The highest BCUT2D eigenvalue weighted by Crippen LogP contribution is 2.21. The second-order valence-electron chi connectivity index (χ2n) is 3.44. The predicted molar refractivity (Wildman–Crippen MR) is 50.4 cm³/mol. The van der Waals surface area contributed by atoms with Crippen LogP contribution in [0.25, 0.3) is 0 Å². The zero-order valence-corrected chi connectivity index (χ0v) is 8.99. The maximum atomic E-state index is 11.4. The number of nitrogens with two attached hydrogens (primary N) is 1. The molecule has 0 aromatic carbocycles. The molecule has 0 fully saturated rings. The monoisotopic (exact) mass is 203 g/mol. The van der Waals surface area contributed by atoms with Crippen LogP contribution in [0.4, 0.5) is 0 Å². The van der Waals surface area contributed by atoms with Crippen LogP contribution in [-0.2, 0) is 19.1 Å². The molecule has 0 saturated carbocycles. The predicted octanol–water partition coefficient (Wildman–Crippen LogP) is 0.0760. The van der Waals surface area contributed by atoms with Gasteiger partial charge in [0.25, 0.3) is 0 Å². The van der Waals surface area contributed by atoms with E-state index < -0.39 is 23.4 Å². The van der Waals surface area contributed by atoms with E-state index in [9.17, 15) is 9.59 Å². The summed E-state index contributed by atoms with van der Waals surface area (Å²) in [4.78, 5) is 22.5. The summed E-state index contributed by atoms with van der Waals surface area (Å²) < 4.78 is 9.25. The van der Waals surface area contributed by atoms with Gasteiger partial charge in [0.1, 0.15) is 6.04 Å². The van der Waals surface area contributed by atoms with Gasteiger partial charge in [-0.1, -0.05) is 0 Å². The number of rotatable bonds is 4. The molecule has 0 amide bonds. The van der Waals surface area contributed by atoms with Crippen LogP contribution >= 0.6 is 0 Å². The Hall–Kier alpha value is -1.10. The normalized spacial score (nSPS) is 13.2. The first-order chi connectivity index (χ1) is 6.37. The molecule has 2 N–H and O–H groups in total. The minimum atomic E-state index is -1.07. The van der Waals surface area contributed by atoms with E-state index in [1.54, 1.807) is 20.8 Å². The molecule has 82 valence electrons. The van der Waals surface area contributed by atoms with E-state index >= 15 is 0 Å². The van der Waals surface area contributed by atoms with Crippen LogP contribution < -0.4 is 5.73 Å². The molecule has 0 aliphatic carbocycles. The summed E-state index contributed by atoms with van der Waals surface area (Å²) in [6, 6.07) is -1.01. The Morgan fingerprint density at radius 3 is 2.29 bits per heavy atom. The van der Waals surface area contributed by atoms with E-state index in [2.05, 4.69) is 4.74 Å². The van der Waals surface area contributed by atoms with Crippen molar-refractivity contribution >= 4 is 11.9 Å². The molecule has 0 heterocycles. The van der Waals surface area contributed by atoms with E-state index in [0.717, 1.165) is 0 Å². The zero-order valence-electron chi connectivity index (χ0n) is 8.99. The number of esters is 2. The molecule has 0 radical (unpaired) electrons. The van der Waals surface area contributed by atoms with Gasteiger partial charge in [0.05, 0.1) is 19.1 Å². The van der Waals surface area contributed by atoms with Crippen molar-refractivity contribution in [2.75, 3.05) is 13.7 Å². The summed E-state index contributed by atoms with van der Waals surface area (Å²) in [7, 11) is 1.23. The summed E-state index contributed by atoms with van der Waals surface area (Å²) in [6.07, 6.45) is 0. The van der Waals surface area contributed by atoms with Crippen molar-refractivity contribution in [3.05, 3.63) is 0 Å². The van der Waals surface area contributed by atoms with Gasteiger partial charge in [-0.25, -0.2) is 0 Å². The van der Waals surface area contributed by atoms with Crippen molar-refractivity contribution in [2.45, 2.75) is 26.8 Å². The SMILES string of the molecule is CCOC(=O)C(C)(C)C(N)C(=O)OC. The van der Waals surface area contributed by atoms with Crippen molar-refractivity contribution in [3.8, 4) is 0 Å². The lowest BCUT2D eigenvalue weighted by atomic mass is 9.85. The Bertz CT molecular complexity index is 225. The lowest BCUT2D eigenvalue weighted by Gasteiger charge is -2.26. The molecule has 0 aliphatic rings. The average Bonchev–Trinajstić information content (AvgIpc) is 2.15. The molecule has 5 heteroatoms. The van der Waals surface area contributed by atoms with E-state index in [-0.39, 0.29) is 6.61 Å². The fourth-order valence-electron chi connectivity index (χ4n) is 0.866. The number of carbonyl (C=O) groups excluding carboxylic acids is 2. The van der Waals surface area contributed by atoms with Crippen molar-refractivity contribution < 1.29 is 19.1 Å². The van der Waals surface area contributed by atoms with Gasteiger partial charge in [0, 0.05) is 0 Å². The van der Waals surface area contributed by atoms with Gasteiger partial charge in [0.2, 0.25) is 0 Å². The molecule has 1 atom stereocenters. The molecular weight excluding hydrogens is 186 g/mol. The van der Waals surface area contributed by atoms with Gasteiger partial charge >= 0.3 is 11.9 Å². The fraction of sp³-hybridized carbons (Fsp3) is 0.778. The summed E-state index contributed by atoms with van der Waals surface area (Å²) in [5.41, 5.74) is 4.49. The fourth-order valence-corrected chi connectivity index (χ4v) is 0.866. The lowest BCUT2D eigenvalue weighted by Crippen LogP contribution is -2.49. The molecule has 0 aromatic heterocycles. The molecule has 0 saturated heterocycles. The van der Waals surface area contributed by atoms with Gasteiger partial charge in [-0.15, -0.1) is 0 Å². The Morgan fingerprint density at radius 2 is 1.93 bits per heavy atom. The van der Waals surface area contributed by atoms with Gasteiger partial charge in [0.15, 0.2) is 0 Å². The molecule has 0 bridgehead atoms. The van der Waals surface area contributed by atoms with E-state index in [4.69, 9.17) is 10.5 Å². The van der Waals surface area contributed by atoms with Crippen molar-refractivity contribution in [1.82, 2.24) is 0 Å². The molecule has 0 rings (SSSR count). The molecule has 1 unspecified atom stereocenters. The second kappa shape index (κ2) is 4.95. The Kier molecular flexibility index (Phi) is 4.56. The second-order valence-corrected chi connectivity index (χ2v) is 3.44. The number of methoxy groups -OCH3 is 1. The lowest BCUT2D eigenvalue weighted by molar-refractivity contribution is -0.161. The highest BCUT2D eigenvalue weighted by molar-refractivity contribution is 5.86. The number of carbonyl (C=O) groups is 2. The maximum absolute atomic E-state index is 11.4. The van der Waals surface area contributed by atoms with E-state index in [1.807, 2.05) is 0 Å². The summed E-state index contributed by atoms with van der Waals surface area (Å²) >= 11 is 0. The highest BCUT2D eigenvalue weighted by Gasteiger charge is 2.40. The van der Waals surface area contributed by atoms with Crippen LogP contribution in [0.5, 0.6) is 0 Å². The van der Waals surface area contributed by atoms with Crippen molar-refractivity contribution in [2.24, 2.45) is 11.1 Å². The summed E-state index contributed by atoms with van der Waals surface area (Å²) in [6.45, 7) is 5.05. The molecular formula is C9H17NO4. The van der Waals surface area contributed by atoms with Crippen molar-refractivity contribution in [3.63, 3.8) is 0 Å². The van der Waals surface area contributed by atoms with Crippen LogP contribution in [0, 0.1) is 5.41 Å². The van der Waals surface area contributed by atoms with Crippen molar-refractivity contribution in [1.29, 1.82) is 0 Å². The Morgan fingerprint density at radius 1 is 1.43 bits per heavy atom. The molecule has 0 aliphatic heterocycles. The van der Waals surface area contributed by atoms with Gasteiger partial charge in [-0.2, -0.15) is 0 Å². The third kappa shape index (κ3) is 2.70. The molecule has 5 nitrogen and oxygen atoms in total. The van der Waals surface area contributed by atoms with Crippen LogP contribution in [0.3, 0.4) is 0 Å². The first-order valence-corrected chi connectivity index (χ1v) is 4.38. The topological polar surface area (TPSA) is 78.6 Å². The van der Waals surface area contributed by atoms with Crippen LogP contribution in [0.15, 0.2) is 0 Å². The Labute approximate surface area is 83.5 Å². The smallest absolute Gasteiger partial charge is 0.323 e. The van der Waals surface area contributed by atoms with E-state index in [1.165, 1.54) is 7.11 Å². The first-order valence-electron chi connectivity index (χ1n) is 4.38. The quantitative estimate of drug-likeness (QED) is 0.654. The number of hydrogen-bond acceptors (Lipinski definition) is 5. The van der Waals surface area contributed by atoms with Gasteiger partial charge in [-0.3, -0.25) is 9.59 Å². The number of ether oxygens (including phenoxy) is 2. The first kappa shape index (κ1) is 12.9.